The summed E-state index contributed by atoms with van der Waals surface area (Å²) in [6, 6.07) is 0. The molecule has 0 aromatic carbocycles. The van der Waals surface area contributed by atoms with Gasteiger partial charge in [-0.1, -0.05) is 33.1 Å². The zero-order valence-electron chi connectivity index (χ0n) is 10.1. The van der Waals surface area contributed by atoms with Crippen molar-refractivity contribution >= 4 is 12.6 Å². The molecule has 1 unspecified atom stereocenters. The lowest BCUT2D eigenvalue weighted by Crippen LogP contribution is -2.27. The van der Waals surface area contributed by atoms with Gasteiger partial charge >= 0.3 is 0 Å². The lowest BCUT2D eigenvalue weighted by molar-refractivity contribution is 0.275. The molecule has 0 saturated heterocycles. The van der Waals surface area contributed by atoms with E-state index in [9.17, 15) is 0 Å². The van der Waals surface area contributed by atoms with Crippen LogP contribution >= 0.6 is 12.6 Å². The van der Waals surface area contributed by atoms with E-state index in [1.54, 1.807) is 0 Å². The monoisotopic (exact) mass is 217 g/mol. The van der Waals surface area contributed by atoms with E-state index < -0.39 is 0 Å². The Balaban J connectivity index is 3.51. The topological polar surface area (TPSA) is 3.24 Å². The van der Waals surface area contributed by atoms with Crippen LogP contribution in [0.1, 0.15) is 46.0 Å². The molecule has 0 amide bonds. The fourth-order valence-electron chi connectivity index (χ4n) is 1.81. The van der Waals surface area contributed by atoms with E-state index >= 15 is 0 Å². The number of hydrogen-bond acceptors (Lipinski definition) is 2. The third-order valence-corrected chi connectivity index (χ3v) is 3.18. The van der Waals surface area contributed by atoms with Crippen LogP contribution in [-0.4, -0.2) is 30.8 Å². The Morgan fingerprint density at radius 1 is 1.14 bits per heavy atom. The summed E-state index contributed by atoms with van der Waals surface area (Å²) in [6.45, 7) is 6.99. The van der Waals surface area contributed by atoms with Crippen molar-refractivity contribution in [2.45, 2.75) is 46.0 Å². The molecule has 0 N–H and O–H groups in total. The molecular weight excluding hydrogens is 190 g/mol. The van der Waals surface area contributed by atoms with Gasteiger partial charge in [0.25, 0.3) is 0 Å². The Kier molecular flexibility index (Phi) is 10.1. The molecule has 0 fully saturated rings. The molecule has 0 spiro atoms. The average molecular weight is 217 g/mol. The molecule has 0 rings (SSSR count). The molecule has 0 aromatic rings. The molecular formula is C12H27NS. The Hall–Kier alpha value is 0.310. The summed E-state index contributed by atoms with van der Waals surface area (Å²) in [7, 11) is 2.24. The molecule has 14 heavy (non-hydrogen) atoms. The third-order valence-electron chi connectivity index (χ3n) is 2.67. The summed E-state index contributed by atoms with van der Waals surface area (Å²) in [4.78, 5) is 2.46. The zero-order valence-corrected chi connectivity index (χ0v) is 11.0. The van der Waals surface area contributed by atoms with Crippen molar-refractivity contribution in [1.29, 1.82) is 0 Å². The second-order valence-electron chi connectivity index (χ2n) is 4.31. The highest BCUT2D eigenvalue weighted by atomic mass is 32.1. The summed E-state index contributed by atoms with van der Waals surface area (Å²) < 4.78 is 0. The molecule has 0 aliphatic rings. The predicted octanol–water partition coefficient (Wildman–Crippen LogP) is 3.45. The summed E-state index contributed by atoms with van der Waals surface area (Å²) >= 11 is 4.41. The van der Waals surface area contributed by atoms with E-state index in [1.165, 1.54) is 45.2 Å². The molecule has 1 nitrogen and oxygen atoms in total. The van der Waals surface area contributed by atoms with Crippen LogP contribution in [0.3, 0.4) is 0 Å². The van der Waals surface area contributed by atoms with Gasteiger partial charge in [0.1, 0.15) is 0 Å². The van der Waals surface area contributed by atoms with Crippen molar-refractivity contribution < 1.29 is 0 Å². The van der Waals surface area contributed by atoms with Crippen molar-refractivity contribution in [3.8, 4) is 0 Å². The highest BCUT2D eigenvalue weighted by Gasteiger charge is 2.08. The summed E-state index contributed by atoms with van der Waals surface area (Å²) in [5, 5.41) is 0. The number of hydrogen-bond donors (Lipinski definition) is 1. The van der Waals surface area contributed by atoms with E-state index in [1.807, 2.05) is 0 Å². The van der Waals surface area contributed by atoms with Gasteiger partial charge in [0, 0.05) is 6.54 Å². The first-order valence-electron chi connectivity index (χ1n) is 6.03. The second-order valence-corrected chi connectivity index (χ2v) is 4.67. The fraction of sp³-hybridized carbons (Fsp3) is 1.00. The van der Waals surface area contributed by atoms with Gasteiger partial charge in [-0.25, -0.2) is 0 Å². The highest BCUT2D eigenvalue weighted by Crippen LogP contribution is 2.10. The molecule has 0 bridgehead atoms. The first-order valence-corrected chi connectivity index (χ1v) is 6.67. The molecule has 0 heterocycles. The van der Waals surface area contributed by atoms with Crippen molar-refractivity contribution in [2.75, 3.05) is 25.9 Å². The first kappa shape index (κ1) is 14.3. The van der Waals surface area contributed by atoms with Crippen LogP contribution in [0.2, 0.25) is 0 Å². The maximum Gasteiger partial charge on any atom is 0.00144 e. The van der Waals surface area contributed by atoms with Crippen LogP contribution in [0.4, 0.5) is 0 Å². The standard InChI is InChI=1S/C12H27NS/c1-4-6-7-9-13(3)10-12(11-14)8-5-2/h12,14H,4-11H2,1-3H3. The molecule has 0 saturated carbocycles. The van der Waals surface area contributed by atoms with E-state index in [0.29, 0.717) is 0 Å². The maximum absolute atomic E-state index is 4.41. The third kappa shape index (κ3) is 7.69. The van der Waals surface area contributed by atoms with Crippen molar-refractivity contribution in [3.63, 3.8) is 0 Å². The van der Waals surface area contributed by atoms with Gasteiger partial charge in [-0.05, 0) is 38.1 Å². The first-order chi connectivity index (χ1) is 6.74. The van der Waals surface area contributed by atoms with E-state index in [-0.39, 0.29) is 0 Å². The van der Waals surface area contributed by atoms with Gasteiger partial charge in [0.15, 0.2) is 0 Å². The van der Waals surface area contributed by atoms with E-state index in [2.05, 4.69) is 38.4 Å². The smallest absolute Gasteiger partial charge is 0.00144 e. The SMILES string of the molecule is CCCCCN(C)CC(CS)CCC. The van der Waals surface area contributed by atoms with Gasteiger partial charge in [-0.3, -0.25) is 0 Å². The Labute approximate surface area is 95.7 Å². The summed E-state index contributed by atoms with van der Waals surface area (Å²) in [5.41, 5.74) is 0. The normalized spacial score (nSPS) is 13.5. The molecule has 0 radical (unpaired) electrons. The Bertz CT molecular complexity index is 117. The molecule has 2 heteroatoms. The van der Waals surface area contributed by atoms with Crippen molar-refractivity contribution in [1.82, 2.24) is 4.90 Å². The summed E-state index contributed by atoms with van der Waals surface area (Å²) in [6.07, 6.45) is 6.64. The molecule has 0 aromatic heterocycles. The van der Waals surface area contributed by atoms with Crippen molar-refractivity contribution in [2.24, 2.45) is 5.92 Å². The van der Waals surface area contributed by atoms with E-state index in [0.717, 1.165) is 11.7 Å². The van der Waals surface area contributed by atoms with Gasteiger partial charge in [-0.15, -0.1) is 0 Å². The fourth-order valence-corrected chi connectivity index (χ4v) is 2.11. The lowest BCUT2D eigenvalue weighted by atomic mass is 10.1. The number of thiol groups is 1. The Morgan fingerprint density at radius 2 is 1.86 bits per heavy atom. The molecule has 0 aliphatic heterocycles. The summed E-state index contributed by atoms with van der Waals surface area (Å²) in [5.74, 6) is 1.82. The highest BCUT2D eigenvalue weighted by molar-refractivity contribution is 7.80. The maximum atomic E-state index is 4.41. The molecule has 0 aliphatic carbocycles. The van der Waals surface area contributed by atoms with Crippen LogP contribution in [-0.2, 0) is 0 Å². The molecule has 86 valence electrons. The van der Waals surface area contributed by atoms with Gasteiger partial charge < -0.3 is 4.90 Å². The Morgan fingerprint density at radius 3 is 2.36 bits per heavy atom. The van der Waals surface area contributed by atoms with Gasteiger partial charge in [-0.2, -0.15) is 12.6 Å². The van der Waals surface area contributed by atoms with E-state index in [4.69, 9.17) is 0 Å². The minimum atomic E-state index is 0.787. The minimum absolute atomic E-state index is 0.787. The predicted molar refractivity (Wildman–Crippen MR) is 69.3 cm³/mol. The molecule has 1 atom stereocenters. The van der Waals surface area contributed by atoms with Crippen LogP contribution < -0.4 is 0 Å². The van der Waals surface area contributed by atoms with Crippen LogP contribution in [0.15, 0.2) is 0 Å². The average Bonchev–Trinajstić information content (AvgIpc) is 2.17. The lowest BCUT2D eigenvalue weighted by Gasteiger charge is -2.22. The van der Waals surface area contributed by atoms with Crippen LogP contribution in [0.5, 0.6) is 0 Å². The number of unbranched alkanes of at least 4 members (excludes halogenated alkanes) is 2. The number of rotatable bonds is 9. The quantitative estimate of drug-likeness (QED) is 0.457. The van der Waals surface area contributed by atoms with Gasteiger partial charge in [0.2, 0.25) is 0 Å². The van der Waals surface area contributed by atoms with Crippen molar-refractivity contribution in [3.05, 3.63) is 0 Å². The van der Waals surface area contributed by atoms with Gasteiger partial charge in [0.05, 0.1) is 0 Å². The second kappa shape index (κ2) is 9.85. The number of nitrogens with zero attached hydrogens (tertiary/aromatic N) is 1. The van der Waals surface area contributed by atoms with Crippen LogP contribution in [0.25, 0.3) is 0 Å². The zero-order chi connectivity index (χ0) is 10.8. The van der Waals surface area contributed by atoms with Crippen LogP contribution in [0, 0.1) is 5.92 Å². The largest absolute Gasteiger partial charge is 0.306 e. The minimum Gasteiger partial charge on any atom is -0.306 e.